The first kappa shape index (κ1) is 18.4. The largest absolute Gasteiger partial charge is 0.465 e. The lowest BCUT2D eigenvalue weighted by molar-refractivity contribution is 0.0601. The number of carbonyl (C=O) groups is 1. The van der Waals surface area contributed by atoms with Gasteiger partial charge >= 0.3 is 5.97 Å². The van der Waals surface area contributed by atoms with Crippen molar-refractivity contribution in [2.75, 3.05) is 32.7 Å². The number of benzene rings is 1. The highest BCUT2D eigenvalue weighted by Crippen LogP contribution is 2.32. The number of rotatable bonds is 8. The van der Waals surface area contributed by atoms with Gasteiger partial charge in [0.2, 0.25) is 0 Å². The van der Waals surface area contributed by atoms with Gasteiger partial charge in [-0.05, 0) is 47.4 Å². The highest BCUT2D eigenvalue weighted by Gasteiger charge is 2.19. The Labute approximate surface area is 141 Å². The number of halogens is 2. The van der Waals surface area contributed by atoms with Crippen molar-refractivity contribution in [3.63, 3.8) is 0 Å². The number of nitrogens with two attached hydrogens (primary N) is 1. The maximum absolute atomic E-state index is 11.9. The average Bonchev–Trinajstić information content (AvgIpc) is 2.46. The molecule has 0 saturated carbocycles. The van der Waals surface area contributed by atoms with Crippen molar-refractivity contribution in [1.29, 1.82) is 0 Å². The van der Waals surface area contributed by atoms with Crippen LogP contribution >= 0.6 is 31.9 Å². The lowest BCUT2D eigenvalue weighted by Gasteiger charge is -2.22. The molecule has 0 saturated heterocycles. The molecular formula is C14H20Br2N2O3. The lowest BCUT2D eigenvalue weighted by atomic mass is 10.1. The molecule has 0 aliphatic carbocycles. The number of carbonyl (C=O) groups excluding carboxylic acids is 1. The van der Waals surface area contributed by atoms with Crippen LogP contribution in [0.25, 0.3) is 0 Å². The summed E-state index contributed by atoms with van der Waals surface area (Å²) in [6.07, 6.45) is 1.73. The Morgan fingerprint density at radius 2 is 2.10 bits per heavy atom. The van der Waals surface area contributed by atoms with Crippen LogP contribution in [-0.2, 0) is 9.47 Å². The molecule has 0 bridgehead atoms. The van der Waals surface area contributed by atoms with Crippen molar-refractivity contribution in [3.05, 3.63) is 26.6 Å². The Kier molecular flexibility index (Phi) is 8.24. The fourth-order valence-corrected chi connectivity index (χ4v) is 3.30. The van der Waals surface area contributed by atoms with E-state index in [2.05, 4.69) is 37.2 Å². The monoisotopic (exact) mass is 422 g/mol. The molecule has 0 aliphatic rings. The minimum absolute atomic E-state index is 0.0689. The van der Waals surface area contributed by atoms with Crippen LogP contribution in [0.4, 0.5) is 5.69 Å². The average molecular weight is 424 g/mol. The summed E-state index contributed by atoms with van der Waals surface area (Å²) in [5.41, 5.74) is 6.72. The minimum Gasteiger partial charge on any atom is -0.465 e. The first-order chi connectivity index (χ1) is 10.0. The quantitative estimate of drug-likeness (QED) is 0.628. The molecule has 0 aliphatic heterocycles. The third kappa shape index (κ3) is 5.58. The zero-order valence-corrected chi connectivity index (χ0v) is 15.3. The van der Waals surface area contributed by atoms with Crippen molar-refractivity contribution in [1.82, 2.24) is 0 Å². The van der Waals surface area contributed by atoms with E-state index >= 15 is 0 Å². The summed E-state index contributed by atoms with van der Waals surface area (Å²) in [4.78, 5) is 11.9. The van der Waals surface area contributed by atoms with Crippen LogP contribution in [0.3, 0.4) is 0 Å². The van der Waals surface area contributed by atoms with E-state index in [1.165, 1.54) is 7.11 Å². The standard InChI is InChI=1S/C14H20Br2N2O3/c1-20-8-10(4-3-5-17)18-13-11(14(19)21-2)6-9(15)7-12(13)16/h6-7,10,18H,3-5,8,17H2,1-2H3. The molecule has 7 heteroatoms. The molecule has 0 spiro atoms. The molecule has 0 radical (unpaired) electrons. The van der Waals surface area contributed by atoms with Crippen molar-refractivity contribution >= 4 is 43.5 Å². The van der Waals surface area contributed by atoms with Crippen molar-refractivity contribution < 1.29 is 14.3 Å². The molecular weight excluding hydrogens is 404 g/mol. The minimum atomic E-state index is -0.394. The second-order valence-electron chi connectivity index (χ2n) is 4.53. The van der Waals surface area contributed by atoms with E-state index in [0.717, 1.165) is 21.8 Å². The maximum atomic E-state index is 11.9. The Bertz CT molecular complexity index is 484. The number of esters is 1. The molecule has 0 amide bonds. The van der Waals surface area contributed by atoms with Gasteiger partial charge < -0.3 is 20.5 Å². The number of ether oxygens (including phenoxy) is 2. The third-order valence-electron chi connectivity index (χ3n) is 2.93. The van der Waals surface area contributed by atoms with Crippen LogP contribution < -0.4 is 11.1 Å². The van der Waals surface area contributed by atoms with Gasteiger partial charge in [0.15, 0.2) is 0 Å². The van der Waals surface area contributed by atoms with Crippen molar-refractivity contribution in [2.24, 2.45) is 5.73 Å². The molecule has 1 atom stereocenters. The van der Waals surface area contributed by atoms with Gasteiger partial charge in [-0.15, -0.1) is 0 Å². The zero-order chi connectivity index (χ0) is 15.8. The van der Waals surface area contributed by atoms with Gasteiger partial charge in [-0.2, -0.15) is 0 Å². The van der Waals surface area contributed by atoms with E-state index < -0.39 is 5.97 Å². The number of hydrogen-bond donors (Lipinski definition) is 2. The van der Waals surface area contributed by atoms with Gasteiger partial charge in [-0.3, -0.25) is 0 Å². The van der Waals surface area contributed by atoms with Crippen molar-refractivity contribution in [3.8, 4) is 0 Å². The summed E-state index contributed by atoms with van der Waals surface area (Å²) in [5.74, 6) is -0.394. The van der Waals surface area contributed by atoms with Gasteiger partial charge in [-0.25, -0.2) is 4.79 Å². The van der Waals surface area contributed by atoms with E-state index in [0.29, 0.717) is 24.4 Å². The van der Waals surface area contributed by atoms with Crippen LogP contribution in [0, 0.1) is 0 Å². The fraction of sp³-hybridized carbons (Fsp3) is 0.500. The van der Waals surface area contributed by atoms with E-state index in [1.54, 1.807) is 13.2 Å². The topological polar surface area (TPSA) is 73.6 Å². The molecule has 1 unspecified atom stereocenters. The lowest BCUT2D eigenvalue weighted by Crippen LogP contribution is -2.27. The maximum Gasteiger partial charge on any atom is 0.340 e. The molecule has 118 valence electrons. The number of hydrogen-bond acceptors (Lipinski definition) is 5. The van der Waals surface area contributed by atoms with Gasteiger partial charge in [0.25, 0.3) is 0 Å². The number of nitrogens with one attached hydrogen (secondary N) is 1. The predicted octanol–water partition coefficient (Wildman–Crippen LogP) is 3.16. The van der Waals surface area contributed by atoms with Crippen LogP contribution in [-0.4, -0.2) is 39.4 Å². The van der Waals surface area contributed by atoms with Crippen LogP contribution in [0.15, 0.2) is 21.1 Å². The molecule has 0 heterocycles. The van der Waals surface area contributed by atoms with Gasteiger partial charge in [0.05, 0.1) is 25.0 Å². The van der Waals surface area contributed by atoms with E-state index in [1.807, 2.05) is 6.07 Å². The van der Waals surface area contributed by atoms with E-state index in [9.17, 15) is 4.79 Å². The zero-order valence-electron chi connectivity index (χ0n) is 12.1. The Morgan fingerprint density at radius 1 is 1.38 bits per heavy atom. The Balaban J connectivity index is 3.05. The second-order valence-corrected chi connectivity index (χ2v) is 6.30. The molecule has 1 aromatic carbocycles. The summed E-state index contributed by atoms with van der Waals surface area (Å²) in [6, 6.07) is 3.67. The summed E-state index contributed by atoms with van der Waals surface area (Å²) in [7, 11) is 3.01. The second kappa shape index (κ2) is 9.40. The molecule has 5 nitrogen and oxygen atoms in total. The smallest absolute Gasteiger partial charge is 0.340 e. The third-order valence-corrected chi connectivity index (χ3v) is 4.02. The van der Waals surface area contributed by atoms with Gasteiger partial charge in [0.1, 0.15) is 0 Å². The van der Waals surface area contributed by atoms with Gasteiger partial charge in [-0.1, -0.05) is 15.9 Å². The summed E-state index contributed by atoms with van der Waals surface area (Å²) >= 11 is 6.85. The predicted molar refractivity (Wildman–Crippen MR) is 90.8 cm³/mol. The van der Waals surface area contributed by atoms with Crippen molar-refractivity contribution in [2.45, 2.75) is 18.9 Å². The van der Waals surface area contributed by atoms with E-state index in [4.69, 9.17) is 15.2 Å². The molecule has 3 N–H and O–H groups in total. The highest BCUT2D eigenvalue weighted by atomic mass is 79.9. The number of anilines is 1. The van der Waals surface area contributed by atoms with Gasteiger partial charge in [0, 0.05) is 22.1 Å². The first-order valence-electron chi connectivity index (χ1n) is 6.56. The fourth-order valence-electron chi connectivity index (χ4n) is 1.96. The molecule has 1 rings (SSSR count). The summed E-state index contributed by atoms with van der Waals surface area (Å²) in [6.45, 7) is 1.15. The van der Waals surface area contributed by atoms with E-state index in [-0.39, 0.29) is 6.04 Å². The van der Waals surface area contributed by atoms with Crippen LogP contribution in [0.1, 0.15) is 23.2 Å². The molecule has 0 aromatic heterocycles. The first-order valence-corrected chi connectivity index (χ1v) is 8.15. The SMILES string of the molecule is COCC(CCCN)Nc1c(Br)cc(Br)cc1C(=O)OC. The Hall–Kier alpha value is -0.630. The number of methoxy groups -OCH3 is 2. The van der Waals surface area contributed by atoms with Crippen LogP contribution in [0.2, 0.25) is 0 Å². The molecule has 0 fully saturated rings. The molecule has 21 heavy (non-hydrogen) atoms. The molecule has 1 aromatic rings. The summed E-state index contributed by atoms with van der Waals surface area (Å²) < 4.78 is 11.6. The normalized spacial score (nSPS) is 12.0. The highest BCUT2D eigenvalue weighted by molar-refractivity contribution is 9.11. The van der Waals surface area contributed by atoms with Crippen LogP contribution in [0.5, 0.6) is 0 Å². The Morgan fingerprint density at radius 3 is 2.67 bits per heavy atom. The summed E-state index contributed by atoms with van der Waals surface area (Å²) in [5, 5.41) is 3.34.